The molecule has 0 saturated carbocycles. The van der Waals surface area contributed by atoms with Crippen LogP contribution in [0.15, 0.2) is 34.9 Å². The molecule has 0 amide bonds. The topological polar surface area (TPSA) is 4.93 Å². The molecule has 0 N–H and O–H groups in total. The highest BCUT2D eigenvalue weighted by Crippen LogP contribution is 2.20. The molecule has 1 nitrogen and oxygen atoms in total. The molecule has 2 rings (SSSR count). The lowest BCUT2D eigenvalue weighted by Gasteiger charge is -1.99. The highest BCUT2D eigenvalue weighted by Gasteiger charge is 1.98. The van der Waals surface area contributed by atoms with Crippen LogP contribution >= 0.6 is 15.9 Å². The Morgan fingerprint density at radius 2 is 2.17 bits per heavy atom. The summed E-state index contributed by atoms with van der Waals surface area (Å²) in [7, 11) is 0. The Morgan fingerprint density at radius 1 is 1.33 bits per heavy atom. The summed E-state index contributed by atoms with van der Waals surface area (Å²) < 4.78 is 3.38. The molecule has 0 aliphatic carbocycles. The van der Waals surface area contributed by atoms with Crippen molar-refractivity contribution in [3.8, 4) is 0 Å². The number of aromatic nitrogens is 1. The fourth-order valence-electron chi connectivity index (χ4n) is 1.43. The van der Waals surface area contributed by atoms with Gasteiger partial charge in [0.05, 0.1) is 0 Å². The van der Waals surface area contributed by atoms with E-state index < -0.39 is 0 Å². The molecule has 0 atom stereocenters. The van der Waals surface area contributed by atoms with Crippen molar-refractivity contribution >= 4 is 26.8 Å². The molecule has 0 radical (unpaired) electrons. The lowest BCUT2D eigenvalue weighted by molar-refractivity contribution is 0.797. The van der Waals surface area contributed by atoms with Gasteiger partial charge in [-0.05, 0) is 30.5 Å². The number of nitrogens with zero attached hydrogens (tertiary/aromatic N) is 1. The highest BCUT2D eigenvalue weighted by molar-refractivity contribution is 9.10. The van der Waals surface area contributed by atoms with Gasteiger partial charge < -0.3 is 4.57 Å². The van der Waals surface area contributed by atoms with Gasteiger partial charge in [0.15, 0.2) is 0 Å². The second kappa shape index (κ2) is 2.94. The Balaban J connectivity index is 2.75. The predicted octanol–water partition coefficient (Wildman–Crippen LogP) is 3.42. The molecular formula is C10H10BrN. The number of halogens is 1. The van der Waals surface area contributed by atoms with Gasteiger partial charge in [0, 0.05) is 22.7 Å². The summed E-state index contributed by atoms with van der Waals surface area (Å²) in [5.41, 5.74) is 1.30. The molecule has 0 saturated heterocycles. The first-order chi connectivity index (χ1) is 5.81. The van der Waals surface area contributed by atoms with Crippen LogP contribution in [0, 0.1) is 0 Å². The summed E-state index contributed by atoms with van der Waals surface area (Å²) in [6, 6.07) is 8.50. The lowest BCUT2D eigenvalue weighted by atomic mass is 10.2. The average Bonchev–Trinajstić information content (AvgIpc) is 2.46. The molecule has 0 aliphatic rings. The van der Waals surface area contributed by atoms with Crippen LogP contribution in [0.25, 0.3) is 10.9 Å². The van der Waals surface area contributed by atoms with Crippen LogP contribution in [0.1, 0.15) is 6.92 Å². The molecule has 1 aromatic heterocycles. The summed E-state index contributed by atoms with van der Waals surface area (Å²) in [6.45, 7) is 3.18. The van der Waals surface area contributed by atoms with Crippen LogP contribution in [0.3, 0.4) is 0 Å². The number of benzene rings is 1. The van der Waals surface area contributed by atoms with Crippen LogP contribution in [0.5, 0.6) is 0 Å². The molecule has 0 aliphatic heterocycles. The van der Waals surface area contributed by atoms with Gasteiger partial charge >= 0.3 is 0 Å². The van der Waals surface area contributed by atoms with Crippen molar-refractivity contribution < 1.29 is 0 Å². The van der Waals surface area contributed by atoms with Gasteiger partial charge in [-0.2, -0.15) is 0 Å². The van der Waals surface area contributed by atoms with E-state index in [1.807, 2.05) is 0 Å². The number of rotatable bonds is 1. The quantitative estimate of drug-likeness (QED) is 0.699. The standard InChI is InChI=1S/C10H10BrN/c1-2-12-6-5-8-3-4-9(11)7-10(8)12/h3-7H,2H2,1H3. The number of fused-ring (bicyclic) bond motifs is 1. The minimum Gasteiger partial charge on any atom is -0.348 e. The van der Waals surface area contributed by atoms with Crippen LogP contribution < -0.4 is 0 Å². The lowest BCUT2D eigenvalue weighted by Crippen LogP contribution is -1.89. The van der Waals surface area contributed by atoms with Gasteiger partial charge in [-0.1, -0.05) is 22.0 Å². The normalized spacial score (nSPS) is 10.8. The molecule has 0 unspecified atom stereocenters. The Morgan fingerprint density at radius 3 is 2.92 bits per heavy atom. The molecule has 1 heterocycles. The molecule has 0 fully saturated rings. The molecule has 2 heteroatoms. The van der Waals surface area contributed by atoms with E-state index in [2.05, 4.69) is 57.9 Å². The smallest absolute Gasteiger partial charge is 0.0491 e. The van der Waals surface area contributed by atoms with Crippen LogP contribution in [0.2, 0.25) is 0 Å². The fraction of sp³-hybridized carbons (Fsp3) is 0.200. The summed E-state index contributed by atoms with van der Waals surface area (Å²) in [6.07, 6.45) is 2.12. The van der Waals surface area contributed by atoms with Crippen LogP contribution in [0.4, 0.5) is 0 Å². The van der Waals surface area contributed by atoms with Crippen molar-refractivity contribution in [2.75, 3.05) is 0 Å². The van der Waals surface area contributed by atoms with E-state index in [9.17, 15) is 0 Å². The fourth-order valence-corrected chi connectivity index (χ4v) is 1.78. The summed E-state index contributed by atoms with van der Waals surface area (Å²) >= 11 is 3.47. The minimum absolute atomic E-state index is 1.03. The molecular weight excluding hydrogens is 214 g/mol. The zero-order chi connectivity index (χ0) is 8.55. The Hall–Kier alpha value is -0.760. The van der Waals surface area contributed by atoms with Gasteiger partial charge in [0.25, 0.3) is 0 Å². The van der Waals surface area contributed by atoms with Crippen molar-refractivity contribution in [3.05, 3.63) is 34.9 Å². The van der Waals surface area contributed by atoms with Crippen molar-refractivity contribution in [1.82, 2.24) is 4.57 Å². The third kappa shape index (κ3) is 1.16. The summed E-state index contributed by atoms with van der Waals surface area (Å²) in [4.78, 5) is 0. The highest BCUT2D eigenvalue weighted by atomic mass is 79.9. The average molecular weight is 224 g/mol. The molecule has 12 heavy (non-hydrogen) atoms. The zero-order valence-electron chi connectivity index (χ0n) is 6.92. The summed E-state index contributed by atoms with van der Waals surface area (Å²) in [5.74, 6) is 0. The van der Waals surface area contributed by atoms with Gasteiger partial charge in [-0.3, -0.25) is 0 Å². The molecule has 1 aromatic carbocycles. The first-order valence-electron chi connectivity index (χ1n) is 4.05. The van der Waals surface area contributed by atoms with Crippen LogP contribution in [-0.2, 0) is 6.54 Å². The third-order valence-corrected chi connectivity index (χ3v) is 2.57. The monoisotopic (exact) mass is 223 g/mol. The predicted molar refractivity (Wildman–Crippen MR) is 55.3 cm³/mol. The van der Waals surface area contributed by atoms with Gasteiger partial charge in [-0.15, -0.1) is 0 Å². The zero-order valence-corrected chi connectivity index (χ0v) is 8.51. The van der Waals surface area contributed by atoms with E-state index in [4.69, 9.17) is 0 Å². The van der Waals surface area contributed by atoms with E-state index in [1.165, 1.54) is 10.9 Å². The van der Waals surface area contributed by atoms with E-state index >= 15 is 0 Å². The van der Waals surface area contributed by atoms with Crippen molar-refractivity contribution in [2.45, 2.75) is 13.5 Å². The number of hydrogen-bond acceptors (Lipinski definition) is 0. The second-order valence-electron chi connectivity index (χ2n) is 2.80. The van der Waals surface area contributed by atoms with E-state index in [-0.39, 0.29) is 0 Å². The largest absolute Gasteiger partial charge is 0.348 e. The Labute approximate surface area is 80.1 Å². The number of aryl methyl sites for hydroxylation is 1. The SMILES string of the molecule is CCn1ccc2ccc(Br)cc21. The van der Waals surface area contributed by atoms with Crippen molar-refractivity contribution in [1.29, 1.82) is 0 Å². The van der Waals surface area contributed by atoms with Gasteiger partial charge in [0.1, 0.15) is 0 Å². The molecule has 2 aromatic rings. The molecule has 0 spiro atoms. The van der Waals surface area contributed by atoms with E-state index in [0.717, 1.165) is 11.0 Å². The first kappa shape index (κ1) is 7.87. The maximum atomic E-state index is 3.47. The second-order valence-corrected chi connectivity index (χ2v) is 3.72. The van der Waals surface area contributed by atoms with Crippen molar-refractivity contribution in [2.24, 2.45) is 0 Å². The molecule has 62 valence electrons. The molecule has 0 bridgehead atoms. The number of hydrogen-bond donors (Lipinski definition) is 0. The minimum atomic E-state index is 1.03. The van der Waals surface area contributed by atoms with Crippen LogP contribution in [-0.4, -0.2) is 4.57 Å². The maximum absolute atomic E-state index is 3.47. The first-order valence-corrected chi connectivity index (χ1v) is 4.85. The van der Waals surface area contributed by atoms with Gasteiger partial charge in [-0.25, -0.2) is 0 Å². The third-order valence-electron chi connectivity index (χ3n) is 2.08. The van der Waals surface area contributed by atoms with E-state index in [1.54, 1.807) is 0 Å². The Bertz CT molecular complexity index is 403. The van der Waals surface area contributed by atoms with Gasteiger partial charge in [0.2, 0.25) is 0 Å². The Kier molecular flexibility index (Phi) is 1.93. The van der Waals surface area contributed by atoms with Crippen molar-refractivity contribution in [3.63, 3.8) is 0 Å². The summed E-state index contributed by atoms with van der Waals surface area (Å²) in [5, 5.41) is 1.31. The van der Waals surface area contributed by atoms with E-state index in [0.29, 0.717) is 0 Å². The maximum Gasteiger partial charge on any atom is 0.0491 e.